The van der Waals surface area contributed by atoms with Crippen LogP contribution in [0.1, 0.15) is 33.7 Å². The largest absolute Gasteiger partial charge is 0.398 e. The van der Waals surface area contributed by atoms with E-state index in [0.29, 0.717) is 29.4 Å². The standard InChI is InChI=1S/C23H24N4O3.ClH/c24-19-8-7-18(16-4-1-2-5-17(16)19)22(28)27-20-6-3-11-25-21(20)23(29)26-14-15-9-12-30-13-10-15;/h1-8,11,15H,9-10,12-14,24H2,(H,26,29)(H,27,28);1H. The second-order valence-corrected chi connectivity index (χ2v) is 7.37. The highest BCUT2D eigenvalue weighted by atomic mass is 35.5. The van der Waals surface area contributed by atoms with E-state index in [1.54, 1.807) is 24.3 Å². The van der Waals surface area contributed by atoms with Crippen molar-refractivity contribution in [3.05, 3.63) is 66.0 Å². The number of amides is 2. The molecule has 4 N–H and O–H groups in total. The van der Waals surface area contributed by atoms with Gasteiger partial charge in [-0.25, -0.2) is 4.98 Å². The molecule has 7 nitrogen and oxygen atoms in total. The number of anilines is 2. The van der Waals surface area contributed by atoms with Crippen LogP contribution in [-0.2, 0) is 4.74 Å². The molecule has 0 unspecified atom stereocenters. The van der Waals surface area contributed by atoms with Crippen LogP contribution in [0.2, 0.25) is 0 Å². The molecule has 0 spiro atoms. The van der Waals surface area contributed by atoms with Crippen molar-refractivity contribution < 1.29 is 14.3 Å². The minimum absolute atomic E-state index is 0. The van der Waals surface area contributed by atoms with E-state index in [2.05, 4.69) is 15.6 Å². The zero-order valence-corrected chi connectivity index (χ0v) is 17.8. The molecule has 1 saturated heterocycles. The monoisotopic (exact) mass is 440 g/mol. The second-order valence-electron chi connectivity index (χ2n) is 7.37. The molecule has 0 aliphatic carbocycles. The number of nitrogens with zero attached hydrogens (tertiary/aromatic N) is 1. The molecule has 4 rings (SSSR count). The highest BCUT2D eigenvalue weighted by Gasteiger charge is 2.19. The summed E-state index contributed by atoms with van der Waals surface area (Å²) >= 11 is 0. The summed E-state index contributed by atoms with van der Waals surface area (Å²) in [5, 5.41) is 7.33. The number of halogens is 1. The summed E-state index contributed by atoms with van der Waals surface area (Å²) < 4.78 is 5.35. The first-order valence-electron chi connectivity index (χ1n) is 10.0. The number of carbonyl (C=O) groups is 2. The minimum atomic E-state index is -0.322. The molecule has 1 aliphatic rings. The number of nitrogen functional groups attached to an aromatic ring is 1. The van der Waals surface area contributed by atoms with Crippen molar-refractivity contribution in [3.63, 3.8) is 0 Å². The quantitative estimate of drug-likeness (QED) is 0.525. The number of aromatic nitrogens is 1. The van der Waals surface area contributed by atoms with Gasteiger partial charge in [-0.05, 0) is 48.4 Å². The molecule has 0 atom stereocenters. The molecular weight excluding hydrogens is 416 g/mol. The Labute approximate surface area is 186 Å². The summed E-state index contributed by atoms with van der Waals surface area (Å²) in [7, 11) is 0. The number of carbonyl (C=O) groups excluding carboxylic acids is 2. The fourth-order valence-corrected chi connectivity index (χ4v) is 3.67. The van der Waals surface area contributed by atoms with Gasteiger partial charge in [0.2, 0.25) is 0 Å². The van der Waals surface area contributed by atoms with E-state index in [1.165, 1.54) is 6.20 Å². The van der Waals surface area contributed by atoms with Crippen LogP contribution in [0.3, 0.4) is 0 Å². The van der Waals surface area contributed by atoms with Crippen molar-refractivity contribution in [1.82, 2.24) is 10.3 Å². The van der Waals surface area contributed by atoms with E-state index < -0.39 is 0 Å². The smallest absolute Gasteiger partial charge is 0.272 e. The molecule has 1 fully saturated rings. The van der Waals surface area contributed by atoms with Crippen molar-refractivity contribution >= 4 is 46.4 Å². The van der Waals surface area contributed by atoms with Gasteiger partial charge in [-0.2, -0.15) is 0 Å². The van der Waals surface area contributed by atoms with Gasteiger partial charge in [-0.3, -0.25) is 9.59 Å². The third-order valence-corrected chi connectivity index (χ3v) is 5.37. The van der Waals surface area contributed by atoms with Crippen LogP contribution in [0.25, 0.3) is 10.8 Å². The summed E-state index contributed by atoms with van der Waals surface area (Å²) in [6, 6.07) is 14.2. The molecule has 2 heterocycles. The van der Waals surface area contributed by atoms with Gasteiger partial charge in [0.05, 0.1) is 5.69 Å². The number of pyridine rings is 1. The maximum absolute atomic E-state index is 13.0. The lowest BCUT2D eigenvalue weighted by atomic mass is 10.0. The average Bonchev–Trinajstić information content (AvgIpc) is 2.79. The zero-order chi connectivity index (χ0) is 20.9. The first-order valence-corrected chi connectivity index (χ1v) is 10.0. The Bertz CT molecular complexity index is 1080. The van der Waals surface area contributed by atoms with Crippen LogP contribution in [0.5, 0.6) is 0 Å². The number of hydrogen-bond acceptors (Lipinski definition) is 5. The van der Waals surface area contributed by atoms with Crippen molar-refractivity contribution in [1.29, 1.82) is 0 Å². The Kier molecular flexibility index (Phi) is 7.44. The number of nitrogens with one attached hydrogen (secondary N) is 2. The average molecular weight is 441 g/mol. The van der Waals surface area contributed by atoms with E-state index in [4.69, 9.17) is 10.5 Å². The first-order chi connectivity index (χ1) is 14.6. The number of ether oxygens (including phenoxy) is 1. The van der Waals surface area contributed by atoms with Gasteiger partial charge in [-0.1, -0.05) is 24.3 Å². The lowest BCUT2D eigenvalue weighted by Gasteiger charge is -2.22. The lowest BCUT2D eigenvalue weighted by molar-refractivity contribution is 0.0642. The van der Waals surface area contributed by atoms with Gasteiger partial charge in [-0.15, -0.1) is 12.4 Å². The molecule has 2 aromatic carbocycles. The second kappa shape index (κ2) is 10.2. The summed E-state index contributed by atoms with van der Waals surface area (Å²) in [5.41, 5.74) is 7.69. The Morgan fingerprint density at radius 1 is 1.00 bits per heavy atom. The first kappa shape index (κ1) is 22.5. The molecule has 31 heavy (non-hydrogen) atoms. The summed E-state index contributed by atoms with van der Waals surface area (Å²) in [5.74, 6) is -0.233. The fourth-order valence-electron chi connectivity index (χ4n) is 3.67. The highest BCUT2D eigenvalue weighted by molar-refractivity contribution is 6.16. The van der Waals surface area contributed by atoms with Crippen LogP contribution in [0.4, 0.5) is 11.4 Å². The molecule has 3 aromatic rings. The van der Waals surface area contributed by atoms with Crippen LogP contribution >= 0.6 is 12.4 Å². The van der Waals surface area contributed by atoms with Crippen LogP contribution in [0, 0.1) is 5.92 Å². The van der Waals surface area contributed by atoms with Gasteiger partial charge >= 0.3 is 0 Å². The Morgan fingerprint density at radius 3 is 2.52 bits per heavy atom. The molecule has 2 amide bonds. The van der Waals surface area contributed by atoms with E-state index in [9.17, 15) is 9.59 Å². The van der Waals surface area contributed by atoms with Crippen molar-refractivity contribution in [3.8, 4) is 0 Å². The highest BCUT2D eigenvalue weighted by Crippen LogP contribution is 2.25. The Balaban J connectivity index is 0.00000272. The summed E-state index contributed by atoms with van der Waals surface area (Å²) in [4.78, 5) is 29.9. The minimum Gasteiger partial charge on any atom is -0.398 e. The molecule has 0 radical (unpaired) electrons. The topological polar surface area (TPSA) is 106 Å². The summed E-state index contributed by atoms with van der Waals surface area (Å²) in [6.07, 6.45) is 3.39. The van der Waals surface area contributed by atoms with Crippen molar-refractivity contribution in [2.45, 2.75) is 12.8 Å². The molecule has 1 aromatic heterocycles. The number of rotatable bonds is 5. The van der Waals surface area contributed by atoms with Gasteiger partial charge in [0.25, 0.3) is 11.8 Å². The SMILES string of the molecule is Cl.Nc1ccc(C(=O)Nc2cccnc2C(=O)NCC2CCOCC2)c2ccccc12. The Morgan fingerprint density at radius 2 is 1.74 bits per heavy atom. The zero-order valence-electron chi connectivity index (χ0n) is 17.0. The van der Waals surface area contributed by atoms with Gasteiger partial charge in [0.1, 0.15) is 0 Å². The fraction of sp³-hybridized carbons (Fsp3) is 0.261. The molecular formula is C23H25ClN4O3. The van der Waals surface area contributed by atoms with E-state index in [-0.39, 0.29) is 29.9 Å². The number of hydrogen-bond donors (Lipinski definition) is 3. The molecule has 0 saturated carbocycles. The van der Waals surface area contributed by atoms with Gasteiger partial charge in [0.15, 0.2) is 5.69 Å². The lowest BCUT2D eigenvalue weighted by Crippen LogP contribution is -2.33. The molecule has 8 heteroatoms. The van der Waals surface area contributed by atoms with Crippen LogP contribution in [0.15, 0.2) is 54.7 Å². The number of benzene rings is 2. The van der Waals surface area contributed by atoms with E-state index in [1.807, 2.05) is 24.3 Å². The predicted molar refractivity (Wildman–Crippen MR) is 124 cm³/mol. The maximum Gasteiger partial charge on any atom is 0.272 e. The number of fused-ring (bicyclic) bond motifs is 1. The maximum atomic E-state index is 13.0. The molecule has 162 valence electrons. The predicted octanol–water partition coefficient (Wildman–Crippen LogP) is 3.65. The van der Waals surface area contributed by atoms with Gasteiger partial charge in [0, 0.05) is 42.6 Å². The van der Waals surface area contributed by atoms with Gasteiger partial charge < -0.3 is 21.1 Å². The third-order valence-electron chi connectivity index (χ3n) is 5.37. The van der Waals surface area contributed by atoms with Crippen LogP contribution in [-0.4, -0.2) is 36.6 Å². The summed E-state index contributed by atoms with van der Waals surface area (Å²) in [6.45, 7) is 2.01. The van der Waals surface area contributed by atoms with Crippen LogP contribution < -0.4 is 16.4 Å². The Hall–Kier alpha value is -3.16. The normalized spacial score (nSPS) is 13.9. The van der Waals surface area contributed by atoms with E-state index in [0.717, 1.165) is 36.8 Å². The molecule has 1 aliphatic heterocycles. The van der Waals surface area contributed by atoms with E-state index >= 15 is 0 Å². The van der Waals surface area contributed by atoms with Crippen molar-refractivity contribution in [2.75, 3.05) is 30.8 Å². The third kappa shape index (κ3) is 5.13. The molecule has 0 bridgehead atoms. The number of nitrogens with two attached hydrogens (primary N) is 1. The van der Waals surface area contributed by atoms with Crippen molar-refractivity contribution in [2.24, 2.45) is 5.92 Å².